The van der Waals surface area contributed by atoms with Crippen molar-refractivity contribution in [3.8, 4) is 0 Å². The molecule has 0 aliphatic heterocycles. The van der Waals surface area contributed by atoms with Crippen molar-refractivity contribution in [1.82, 2.24) is 0 Å². The molecule has 0 radical (unpaired) electrons. The fourth-order valence-corrected chi connectivity index (χ4v) is 3.70. The van der Waals surface area contributed by atoms with Gasteiger partial charge in [0.1, 0.15) is 11.5 Å². The number of rotatable bonds is 13. The van der Waals surface area contributed by atoms with Crippen LogP contribution in [0.1, 0.15) is 85.0 Å². The van der Waals surface area contributed by atoms with Crippen LogP contribution in [-0.4, -0.2) is 28.2 Å². The van der Waals surface area contributed by atoms with Crippen LogP contribution in [0.2, 0.25) is 0 Å². The van der Waals surface area contributed by atoms with E-state index in [9.17, 15) is 26.5 Å². The van der Waals surface area contributed by atoms with E-state index in [0.717, 1.165) is 25.7 Å². The highest BCUT2D eigenvalue weighted by molar-refractivity contribution is 7.91. The van der Waals surface area contributed by atoms with Crippen LogP contribution in [0.4, 0.5) is 22.0 Å². The number of halogens is 5. The van der Waals surface area contributed by atoms with Crippen molar-refractivity contribution in [2.75, 3.05) is 11.5 Å². The van der Waals surface area contributed by atoms with E-state index in [1.807, 2.05) is 0 Å². The van der Waals surface area contributed by atoms with Crippen LogP contribution in [0.5, 0.6) is 0 Å². The van der Waals surface area contributed by atoms with Gasteiger partial charge >= 0.3 is 12.1 Å². The molecule has 0 amide bonds. The second-order valence-corrected chi connectivity index (χ2v) is 9.64. The van der Waals surface area contributed by atoms with Crippen LogP contribution in [0, 0.1) is 5.41 Å². The Morgan fingerprint density at radius 1 is 0.640 bits per heavy atom. The Morgan fingerprint density at radius 3 is 1.56 bits per heavy atom. The molecule has 0 spiro atoms. The van der Waals surface area contributed by atoms with Crippen LogP contribution in [0.25, 0.3) is 0 Å². The van der Waals surface area contributed by atoms with E-state index in [1.54, 1.807) is 0 Å². The van der Waals surface area contributed by atoms with Gasteiger partial charge in [-0.25, -0.2) is 0 Å². The molecule has 1 unspecified atom stereocenters. The van der Waals surface area contributed by atoms with Crippen LogP contribution in [-0.2, 0) is 11.2 Å². The molecule has 0 aromatic heterocycles. The molecule has 0 rings (SSSR count). The Balaban J connectivity index is 3.52. The van der Waals surface area contributed by atoms with Crippen LogP contribution in [0.15, 0.2) is 0 Å². The summed E-state index contributed by atoms with van der Waals surface area (Å²) in [6, 6.07) is 0. The van der Waals surface area contributed by atoms with Crippen molar-refractivity contribution in [3.05, 3.63) is 0 Å². The Kier molecular flexibility index (Phi) is 11.6. The summed E-state index contributed by atoms with van der Waals surface area (Å²) >= 11 is -1.30. The van der Waals surface area contributed by atoms with Gasteiger partial charge < -0.3 is 4.55 Å². The molecule has 25 heavy (non-hydrogen) atoms. The second kappa shape index (κ2) is 11.6. The molecule has 1 atom stereocenters. The average molecular weight is 393 g/mol. The normalized spacial score (nSPS) is 14.8. The third-order valence-corrected chi connectivity index (χ3v) is 5.56. The highest BCUT2D eigenvalue weighted by Gasteiger charge is 2.56. The molecule has 0 bridgehead atoms. The summed E-state index contributed by atoms with van der Waals surface area (Å²) in [5.74, 6) is -4.37. The fraction of sp³-hybridized carbons (Fsp3) is 1.00. The minimum Gasteiger partial charge on any atom is -0.616 e. The third-order valence-electron chi connectivity index (χ3n) is 4.08. The Morgan fingerprint density at radius 2 is 1.08 bits per heavy atom. The second-order valence-electron chi connectivity index (χ2n) is 7.94. The molecule has 0 N–H and O–H groups in total. The number of alkyl halides is 5. The molecule has 152 valence electrons. The zero-order valence-corrected chi connectivity index (χ0v) is 16.5. The first-order chi connectivity index (χ1) is 11.4. The maximum atomic E-state index is 12.7. The van der Waals surface area contributed by atoms with Crippen molar-refractivity contribution < 1.29 is 26.5 Å². The first-order valence-corrected chi connectivity index (χ1v) is 10.6. The van der Waals surface area contributed by atoms with Gasteiger partial charge in [0.05, 0.1) is 0 Å². The quantitative estimate of drug-likeness (QED) is 0.190. The number of unbranched alkanes of at least 4 members (excludes halogenated alkanes) is 6. The van der Waals surface area contributed by atoms with E-state index in [1.165, 1.54) is 25.7 Å². The van der Waals surface area contributed by atoms with Gasteiger partial charge in [-0.05, 0) is 31.1 Å². The molecule has 0 aliphatic rings. The Bertz CT molecular complexity index is 339. The lowest BCUT2D eigenvalue weighted by Gasteiger charge is -2.19. The lowest BCUT2D eigenvalue weighted by atomic mass is 9.89. The van der Waals surface area contributed by atoms with Gasteiger partial charge in [-0.2, -0.15) is 22.0 Å². The van der Waals surface area contributed by atoms with Crippen molar-refractivity contribution in [1.29, 1.82) is 0 Å². The van der Waals surface area contributed by atoms with Gasteiger partial charge in [-0.15, -0.1) is 0 Å². The summed E-state index contributed by atoms with van der Waals surface area (Å²) in [7, 11) is 0. The van der Waals surface area contributed by atoms with Gasteiger partial charge in [-0.3, -0.25) is 0 Å². The number of hydrogen-bond acceptors (Lipinski definition) is 1. The zero-order valence-electron chi connectivity index (χ0n) is 15.7. The van der Waals surface area contributed by atoms with Gasteiger partial charge in [0, 0.05) is 6.42 Å². The average Bonchev–Trinajstić information content (AvgIpc) is 2.42. The van der Waals surface area contributed by atoms with E-state index in [-0.39, 0.29) is 12.2 Å². The van der Waals surface area contributed by atoms with E-state index in [0.29, 0.717) is 11.2 Å². The largest absolute Gasteiger partial charge is 0.616 e. The predicted molar refractivity (Wildman–Crippen MR) is 94.5 cm³/mol. The van der Waals surface area contributed by atoms with Crippen molar-refractivity contribution in [3.63, 3.8) is 0 Å². The van der Waals surface area contributed by atoms with Crippen LogP contribution < -0.4 is 0 Å². The van der Waals surface area contributed by atoms with Crippen molar-refractivity contribution >= 4 is 11.2 Å². The molecule has 0 saturated heterocycles. The SMILES string of the molecule is CC(C)(C)CCCCCCCCC[S+]([O-])CCCC(F)(F)C(F)(F)F. The summed E-state index contributed by atoms with van der Waals surface area (Å²) in [5, 5.41) is 0. The third kappa shape index (κ3) is 13.8. The standard InChI is InChI=1S/C18H33F5OS/c1-16(2,3)12-9-7-5-4-6-8-10-14-25(24)15-11-13-17(19,20)18(21,22)23/h4-15H2,1-3H3. The molecule has 0 saturated carbocycles. The van der Waals surface area contributed by atoms with Gasteiger partial charge in [0.15, 0.2) is 0 Å². The van der Waals surface area contributed by atoms with Crippen molar-refractivity contribution in [2.24, 2.45) is 5.41 Å². The fourth-order valence-electron chi connectivity index (χ4n) is 2.50. The summed E-state index contributed by atoms with van der Waals surface area (Å²) in [6.07, 6.45) is 1.56. The zero-order chi connectivity index (χ0) is 19.6. The first kappa shape index (κ1) is 25.0. The Hall–Kier alpha value is -0.0400. The van der Waals surface area contributed by atoms with Crippen LogP contribution in [0.3, 0.4) is 0 Å². The van der Waals surface area contributed by atoms with Crippen LogP contribution >= 0.6 is 0 Å². The molecule has 7 heteroatoms. The minimum atomic E-state index is -5.51. The maximum Gasteiger partial charge on any atom is 0.453 e. The summed E-state index contributed by atoms with van der Waals surface area (Å²) in [5.41, 5.74) is 0.383. The lowest BCUT2D eigenvalue weighted by Crippen LogP contribution is -2.36. The maximum absolute atomic E-state index is 12.7. The summed E-state index contributed by atoms with van der Waals surface area (Å²) in [6.45, 7) is 6.70. The number of hydrogen-bond donors (Lipinski definition) is 0. The van der Waals surface area contributed by atoms with E-state index in [2.05, 4.69) is 20.8 Å². The monoisotopic (exact) mass is 392 g/mol. The highest BCUT2D eigenvalue weighted by atomic mass is 32.2. The predicted octanol–water partition coefficient (Wildman–Crippen LogP) is 6.88. The lowest BCUT2D eigenvalue weighted by molar-refractivity contribution is -0.284. The molecule has 1 nitrogen and oxygen atoms in total. The molecule has 0 aromatic carbocycles. The highest BCUT2D eigenvalue weighted by Crippen LogP contribution is 2.38. The Labute approximate surface area is 152 Å². The molecular weight excluding hydrogens is 359 g/mol. The smallest absolute Gasteiger partial charge is 0.453 e. The molecule has 0 aromatic rings. The molecular formula is C18H33F5OS. The van der Waals surface area contributed by atoms with Gasteiger partial charge in [0.25, 0.3) is 0 Å². The van der Waals surface area contributed by atoms with E-state index >= 15 is 0 Å². The van der Waals surface area contributed by atoms with Gasteiger partial charge in [-0.1, -0.05) is 64.1 Å². The van der Waals surface area contributed by atoms with Gasteiger partial charge in [0.2, 0.25) is 0 Å². The molecule has 0 aliphatic carbocycles. The van der Waals surface area contributed by atoms with E-state index < -0.39 is 29.7 Å². The summed E-state index contributed by atoms with van der Waals surface area (Å²) in [4.78, 5) is 0. The molecule has 0 fully saturated rings. The molecule has 0 heterocycles. The van der Waals surface area contributed by atoms with Crippen molar-refractivity contribution in [2.45, 2.75) is 97.1 Å². The topological polar surface area (TPSA) is 23.1 Å². The first-order valence-electron chi connectivity index (χ1n) is 9.15. The summed E-state index contributed by atoms with van der Waals surface area (Å²) < 4.78 is 73.0. The van der Waals surface area contributed by atoms with E-state index in [4.69, 9.17) is 0 Å². The minimum absolute atomic E-state index is 0.0848.